The Morgan fingerprint density at radius 3 is 2.57 bits per heavy atom. The summed E-state index contributed by atoms with van der Waals surface area (Å²) in [6.45, 7) is 10.4. The average Bonchev–Trinajstić information content (AvgIpc) is 3.13. The maximum atomic E-state index is 12.5. The van der Waals surface area contributed by atoms with Gasteiger partial charge in [0.25, 0.3) is 0 Å². The molecule has 35 heavy (non-hydrogen) atoms. The molecule has 0 bridgehead atoms. The Balaban J connectivity index is 1.61. The first-order valence-electron chi connectivity index (χ1n) is 12.0. The van der Waals surface area contributed by atoms with E-state index in [0.29, 0.717) is 18.5 Å². The first-order chi connectivity index (χ1) is 16.5. The third-order valence-electron chi connectivity index (χ3n) is 7.13. The van der Waals surface area contributed by atoms with Crippen LogP contribution in [0.3, 0.4) is 0 Å². The minimum absolute atomic E-state index is 0.116. The number of benzene rings is 1. The molecule has 3 heterocycles. The molecule has 0 saturated carbocycles. The topological polar surface area (TPSA) is 99.2 Å². The molecular formula is C28H32N4O3. The number of carbonyl (C=O) groups excluding carboxylic acids is 1. The van der Waals surface area contributed by atoms with Crippen LogP contribution in [0.4, 0.5) is 0 Å². The van der Waals surface area contributed by atoms with Crippen LogP contribution in [0.25, 0.3) is 11.0 Å². The van der Waals surface area contributed by atoms with Gasteiger partial charge in [0.2, 0.25) is 0 Å². The molecule has 0 fully saturated rings. The Labute approximate surface area is 206 Å². The molecule has 2 aromatic heterocycles. The van der Waals surface area contributed by atoms with Crippen LogP contribution < -0.4 is 0 Å². The molecule has 1 N–H and O–H groups in total. The molecule has 7 nitrogen and oxygen atoms in total. The molecule has 7 heteroatoms. The monoisotopic (exact) mass is 472 g/mol. The molecule has 0 unspecified atom stereocenters. The Morgan fingerprint density at radius 2 is 1.91 bits per heavy atom. The van der Waals surface area contributed by atoms with Gasteiger partial charge in [-0.15, -0.1) is 0 Å². The first-order valence-corrected chi connectivity index (χ1v) is 12.0. The van der Waals surface area contributed by atoms with Gasteiger partial charge in [-0.2, -0.15) is 5.26 Å². The van der Waals surface area contributed by atoms with Gasteiger partial charge < -0.3 is 9.67 Å². The van der Waals surface area contributed by atoms with E-state index < -0.39 is 11.4 Å². The normalized spacial score (nSPS) is 15.5. The van der Waals surface area contributed by atoms with E-state index in [4.69, 9.17) is 10.2 Å². The van der Waals surface area contributed by atoms with Crippen molar-refractivity contribution in [3.63, 3.8) is 0 Å². The molecule has 0 saturated heterocycles. The molecule has 1 aromatic carbocycles. The van der Waals surface area contributed by atoms with E-state index in [9.17, 15) is 14.7 Å². The molecule has 4 rings (SSSR count). The van der Waals surface area contributed by atoms with E-state index in [2.05, 4.69) is 35.5 Å². The van der Waals surface area contributed by atoms with Crippen molar-refractivity contribution in [2.45, 2.75) is 59.0 Å². The Hall–Kier alpha value is -3.50. The number of carboxylic acids is 1. The summed E-state index contributed by atoms with van der Waals surface area (Å²) in [5.74, 6) is -1.31. The first kappa shape index (κ1) is 24.6. The summed E-state index contributed by atoms with van der Waals surface area (Å²) >= 11 is 0. The fourth-order valence-corrected chi connectivity index (χ4v) is 5.14. The maximum absolute atomic E-state index is 12.5. The number of fused-ring (bicyclic) bond motifs is 3. The third-order valence-corrected chi connectivity index (χ3v) is 7.13. The van der Waals surface area contributed by atoms with E-state index in [1.807, 2.05) is 36.5 Å². The molecule has 0 aliphatic carbocycles. The second-order valence-corrected chi connectivity index (χ2v) is 10.6. The van der Waals surface area contributed by atoms with E-state index in [1.165, 1.54) is 30.5 Å². The number of aromatic nitrogens is 2. The smallest absolute Gasteiger partial charge is 0.316 e. The van der Waals surface area contributed by atoms with Crippen LogP contribution >= 0.6 is 0 Å². The lowest BCUT2D eigenvalue weighted by Gasteiger charge is -2.39. The van der Waals surface area contributed by atoms with Gasteiger partial charge in [0.1, 0.15) is 16.8 Å². The zero-order valence-corrected chi connectivity index (χ0v) is 20.8. The van der Waals surface area contributed by atoms with Gasteiger partial charge in [-0.3, -0.25) is 14.5 Å². The van der Waals surface area contributed by atoms with Crippen molar-refractivity contribution >= 4 is 22.8 Å². The van der Waals surface area contributed by atoms with Crippen molar-refractivity contribution in [3.05, 3.63) is 65.0 Å². The largest absolute Gasteiger partial charge is 0.481 e. The van der Waals surface area contributed by atoms with Crippen molar-refractivity contribution in [3.8, 4) is 6.07 Å². The highest BCUT2D eigenvalue weighted by molar-refractivity contribution is 6.02. The van der Waals surface area contributed by atoms with Gasteiger partial charge in [0, 0.05) is 48.7 Å². The number of aliphatic carboxylic acids is 1. The fourth-order valence-electron chi connectivity index (χ4n) is 5.14. The minimum Gasteiger partial charge on any atom is -0.481 e. The van der Waals surface area contributed by atoms with Crippen LogP contribution in [0.1, 0.15) is 62.9 Å². The number of hydrogen-bond donors (Lipinski definition) is 1. The second-order valence-electron chi connectivity index (χ2n) is 10.6. The number of Topliss-reactive ketones (excluding diaryl/α,β-unsaturated/α-hetero) is 1. The summed E-state index contributed by atoms with van der Waals surface area (Å²) < 4.78 is 2.28. The standard InChI is InChI=1S/C28H32N4O3/c1-27(2)18-31(14-6-8-23(33)28(3,4)26(34)35)17-22-24(27)21-7-5-13-30-25(21)32(22)16-20-11-9-19(15-29)10-12-20/h5,7,9-13H,6,8,14,16-18H2,1-4H3,(H,34,35). The molecule has 0 atom stereocenters. The molecular weight excluding hydrogens is 440 g/mol. The number of nitrogens with zero attached hydrogens (tertiary/aromatic N) is 4. The quantitative estimate of drug-likeness (QED) is 0.484. The molecule has 0 radical (unpaired) electrons. The number of rotatable bonds is 8. The van der Waals surface area contributed by atoms with Crippen LogP contribution in [0, 0.1) is 16.7 Å². The van der Waals surface area contributed by atoms with Gasteiger partial charge in [0.15, 0.2) is 0 Å². The number of carbonyl (C=O) groups is 2. The predicted octanol–water partition coefficient (Wildman–Crippen LogP) is 4.51. The maximum Gasteiger partial charge on any atom is 0.316 e. The highest BCUT2D eigenvalue weighted by Crippen LogP contribution is 2.40. The number of pyridine rings is 1. The summed E-state index contributed by atoms with van der Waals surface area (Å²) in [6, 6.07) is 13.9. The van der Waals surface area contributed by atoms with Crippen molar-refractivity contribution in [2.24, 2.45) is 5.41 Å². The van der Waals surface area contributed by atoms with Crippen LogP contribution in [-0.4, -0.2) is 44.4 Å². The molecule has 0 amide bonds. The zero-order chi connectivity index (χ0) is 25.4. The van der Waals surface area contributed by atoms with Crippen LogP contribution in [0.5, 0.6) is 0 Å². The van der Waals surface area contributed by atoms with E-state index in [1.54, 1.807) is 0 Å². The summed E-state index contributed by atoms with van der Waals surface area (Å²) in [4.78, 5) is 31.0. The third kappa shape index (κ3) is 4.71. The minimum atomic E-state index is -1.35. The Kier molecular flexibility index (Phi) is 6.52. The van der Waals surface area contributed by atoms with Crippen molar-refractivity contribution in [2.75, 3.05) is 13.1 Å². The Bertz CT molecular complexity index is 1310. The lowest BCUT2D eigenvalue weighted by atomic mass is 9.79. The van der Waals surface area contributed by atoms with Gasteiger partial charge in [-0.1, -0.05) is 26.0 Å². The zero-order valence-electron chi connectivity index (χ0n) is 20.8. The number of carboxylic acid groups (broad SMARTS) is 1. The Morgan fingerprint density at radius 1 is 1.20 bits per heavy atom. The van der Waals surface area contributed by atoms with Gasteiger partial charge >= 0.3 is 5.97 Å². The SMILES string of the molecule is CC(C)(C(=O)O)C(=O)CCCN1Cc2c(c3cccnc3n2Cc2ccc(C#N)cc2)C(C)(C)C1. The second kappa shape index (κ2) is 9.27. The van der Waals surface area contributed by atoms with Crippen LogP contribution in [-0.2, 0) is 28.1 Å². The van der Waals surface area contributed by atoms with Gasteiger partial charge in [0.05, 0.1) is 11.6 Å². The summed E-state index contributed by atoms with van der Waals surface area (Å²) in [7, 11) is 0. The van der Waals surface area contributed by atoms with Gasteiger partial charge in [-0.05, 0) is 62.2 Å². The van der Waals surface area contributed by atoms with Crippen LogP contribution in [0.15, 0.2) is 42.6 Å². The fraction of sp³-hybridized carbons (Fsp3) is 0.429. The summed E-state index contributed by atoms with van der Waals surface area (Å²) in [6.07, 6.45) is 2.69. The predicted molar refractivity (Wildman–Crippen MR) is 134 cm³/mol. The molecule has 3 aromatic rings. The number of nitriles is 1. The summed E-state index contributed by atoms with van der Waals surface area (Å²) in [5, 5.41) is 19.6. The molecule has 1 aliphatic rings. The lowest BCUT2D eigenvalue weighted by molar-refractivity contribution is -0.152. The highest BCUT2D eigenvalue weighted by Gasteiger charge is 2.38. The lowest BCUT2D eigenvalue weighted by Crippen LogP contribution is -2.43. The van der Waals surface area contributed by atoms with E-state index >= 15 is 0 Å². The van der Waals surface area contributed by atoms with E-state index in [0.717, 1.165) is 30.8 Å². The molecule has 1 aliphatic heterocycles. The average molecular weight is 473 g/mol. The van der Waals surface area contributed by atoms with Crippen molar-refractivity contribution in [1.82, 2.24) is 14.5 Å². The van der Waals surface area contributed by atoms with Crippen molar-refractivity contribution in [1.29, 1.82) is 5.26 Å². The number of ketones is 1. The van der Waals surface area contributed by atoms with Crippen molar-refractivity contribution < 1.29 is 14.7 Å². The molecule has 182 valence electrons. The van der Waals surface area contributed by atoms with E-state index in [-0.39, 0.29) is 17.6 Å². The van der Waals surface area contributed by atoms with Crippen LogP contribution in [0.2, 0.25) is 0 Å². The summed E-state index contributed by atoms with van der Waals surface area (Å²) in [5.41, 5.74) is 3.76. The highest BCUT2D eigenvalue weighted by atomic mass is 16.4. The number of hydrogen-bond acceptors (Lipinski definition) is 5. The van der Waals surface area contributed by atoms with Gasteiger partial charge in [-0.25, -0.2) is 4.98 Å². The molecule has 0 spiro atoms.